The fourth-order valence-electron chi connectivity index (χ4n) is 5.35. The van der Waals surface area contributed by atoms with Crippen LogP contribution in [0.2, 0.25) is 0 Å². The van der Waals surface area contributed by atoms with Crippen LogP contribution in [0.15, 0.2) is 4.99 Å². The van der Waals surface area contributed by atoms with Gasteiger partial charge in [-0.1, -0.05) is 55.4 Å². The molecule has 0 fully saturated rings. The molecule has 0 aliphatic carbocycles. The maximum atomic E-state index is 12.8. The van der Waals surface area contributed by atoms with Crippen molar-refractivity contribution in [1.82, 2.24) is 21.3 Å². The Morgan fingerprint density at radius 1 is 0.655 bits per heavy atom. The Morgan fingerprint density at radius 3 is 1.38 bits per heavy atom. The average molecular weight is 873 g/mol. The second kappa shape index (κ2) is 27.8. The van der Waals surface area contributed by atoms with Crippen molar-refractivity contribution in [3.63, 3.8) is 0 Å². The smallest absolute Gasteiger partial charge is 0.338 e. The van der Waals surface area contributed by atoms with Crippen molar-refractivity contribution in [1.29, 1.82) is 0 Å². The Bertz CT molecular complexity index is 1440. The van der Waals surface area contributed by atoms with Gasteiger partial charge in [-0.25, -0.2) is 8.42 Å². The van der Waals surface area contributed by atoms with Crippen LogP contribution in [0, 0.1) is 23.7 Å². The molecule has 4 amide bonds. The van der Waals surface area contributed by atoms with Crippen LogP contribution in [0.5, 0.6) is 0 Å². The summed E-state index contributed by atoms with van der Waals surface area (Å²) in [6.07, 6.45) is 3.37. The molecule has 0 aliphatic heterocycles. The van der Waals surface area contributed by atoms with E-state index in [1.54, 1.807) is 0 Å². The molecule has 0 aliphatic rings. The Hall–Kier alpha value is -3.84. The molecule has 0 saturated carbocycles. The summed E-state index contributed by atoms with van der Waals surface area (Å²) in [5, 5.41) is 10.8. The predicted octanol–water partition coefficient (Wildman–Crippen LogP) is -4.41. The first kappa shape index (κ1) is 56.3. The van der Waals surface area contributed by atoms with Gasteiger partial charge < -0.3 is 48.8 Å². The molecule has 18 N–H and O–H groups in total. The first-order valence-corrected chi connectivity index (χ1v) is 22.4. The van der Waals surface area contributed by atoms with Gasteiger partial charge in [0.1, 0.15) is 18.1 Å². The SMILES string of the molecule is CC(C)CC(NC(=O)C(N)CS(=O)(=O)O)C(=O)NC(CCCN=C(N)N)C(C)C.CC(C)CC(NC(=O)C(N)CS(=O)(=O)[O-])C(=O)NC(CCC[NH+]=C(N)N)C(C)C. The summed E-state index contributed by atoms with van der Waals surface area (Å²) in [5.41, 5.74) is 32.3. The number of amides is 4. The summed E-state index contributed by atoms with van der Waals surface area (Å²) >= 11 is 0. The average Bonchev–Trinajstić information content (AvgIpc) is 3.04. The van der Waals surface area contributed by atoms with E-state index in [4.69, 9.17) is 39.0 Å². The highest BCUT2D eigenvalue weighted by atomic mass is 32.2. The molecule has 0 bridgehead atoms. The number of carbonyl (C=O) groups is 4. The number of rotatable bonds is 26. The molecule has 6 unspecified atom stereocenters. The van der Waals surface area contributed by atoms with Gasteiger partial charge in [-0.15, -0.1) is 0 Å². The molecule has 6 atom stereocenters. The van der Waals surface area contributed by atoms with Crippen LogP contribution >= 0.6 is 0 Å². The number of hydrogen-bond acceptors (Lipinski definition) is 12. The number of guanidine groups is 2. The topological polar surface area (TPSA) is 410 Å². The summed E-state index contributed by atoms with van der Waals surface area (Å²) in [6.45, 7) is 16.4. The standard InChI is InChI=1S/2C17H36N6O5S/c2*1-10(2)8-14(23-15(24)12(18)9-29(26,27)28)16(25)22-13(11(3)4)6-5-7-21-17(19)20/h2*10-14H,5-9,18H2,1-4H3,(H,22,25)(H,23,24)(H4,19,20,21)(H,26,27,28). The Balaban J connectivity index is 0. The lowest BCUT2D eigenvalue weighted by Crippen LogP contribution is -2.78. The highest BCUT2D eigenvalue weighted by Gasteiger charge is 2.30. The van der Waals surface area contributed by atoms with Gasteiger partial charge in [0.2, 0.25) is 23.6 Å². The summed E-state index contributed by atoms with van der Waals surface area (Å²) in [4.78, 5) is 56.6. The van der Waals surface area contributed by atoms with Crippen LogP contribution in [-0.2, 0) is 39.4 Å². The third-order valence-electron chi connectivity index (χ3n) is 8.38. The van der Waals surface area contributed by atoms with E-state index in [0.29, 0.717) is 51.6 Å². The van der Waals surface area contributed by atoms with E-state index in [0.717, 1.165) is 0 Å². The first-order valence-electron chi connectivity index (χ1n) is 19.2. The molecule has 0 radical (unpaired) electrons. The fourth-order valence-corrected chi connectivity index (χ4v) is 6.54. The first-order chi connectivity index (χ1) is 26.4. The molecule has 22 nitrogen and oxygen atoms in total. The zero-order valence-corrected chi connectivity index (χ0v) is 36.8. The number of hydrogen-bond donors (Lipinski definition) is 12. The number of nitrogens with one attached hydrogen (secondary N) is 5. The third kappa shape index (κ3) is 29.4. The number of nitrogens with two attached hydrogens (primary N) is 6. The minimum absolute atomic E-state index is 0.0103. The maximum Gasteiger partial charge on any atom is 0.338 e. The zero-order valence-electron chi connectivity index (χ0n) is 35.2. The van der Waals surface area contributed by atoms with Gasteiger partial charge in [-0.05, 0) is 62.2 Å². The highest BCUT2D eigenvalue weighted by molar-refractivity contribution is 7.86. The lowest BCUT2D eigenvalue weighted by atomic mass is 9.97. The van der Waals surface area contributed by atoms with Gasteiger partial charge in [0.05, 0.1) is 34.2 Å². The zero-order chi connectivity index (χ0) is 45.6. The van der Waals surface area contributed by atoms with Gasteiger partial charge in [0.25, 0.3) is 10.1 Å². The molecule has 58 heavy (non-hydrogen) atoms. The number of carbonyl (C=O) groups excluding carboxylic acids is 4. The lowest BCUT2D eigenvalue weighted by molar-refractivity contribution is -0.459. The summed E-state index contributed by atoms with van der Waals surface area (Å²) < 4.78 is 63.1. The van der Waals surface area contributed by atoms with Crippen LogP contribution in [0.1, 0.15) is 93.9 Å². The highest BCUT2D eigenvalue weighted by Crippen LogP contribution is 2.13. The molecule has 24 heteroatoms. The third-order valence-corrected chi connectivity index (χ3v) is 9.93. The van der Waals surface area contributed by atoms with Gasteiger partial charge >= 0.3 is 5.96 Å². The van der Waals surface area contributed by atoms with Crippen LogP contribution in [0.4, 0.5) is 0 Å². The number of aliphatic imine (C=N–C) groups is 1. The van der Waals surface area contributed by atoms with E-state index >= 15 is 0 Å². The largest absolute Gasteiger partial charge is 0.748 e. The number of nitrogens with zero attached hydrogens (tertiary/aromatic N) is 1. The van der Waals surface area contributed by atoms with Crippen molar-refractivity contribution in [2.45, 2.75) is 130 Å². The molecule has 0 aromatic heterocycles. The van der Waals surface area contributed by atoms with E-state index in [-0.39, 0.29) is 59.5 Å². The quantitative estimate of drug-likeness (QED) is 0.0169. The molecule has 0 saturated heterocycles. The molecule has 0 rings (SSSR count). The van der Waals surface area contributed by atoms with Crippen LogP contribution in [0.3, 0.4) is 0 Å². The van der Waals surface area contributed by atoms with E-state index in [1.165, 1.54) is 0 Å². The van der Waals surface area contributed by atoms with E-state index in [1.807, 2.05) is 55.4 Å². The minimum atomic E-state index is -4.66. The molecule has 0 aromatic rings. The van der Waals surface area contributed by atoms with Crippen molar-refractivity contribution in [2.24, 2.45) is 63.1 Å². The van der Waals surface area contributed by atoms with Gasteiger partial charge in [0, 0.05) is 18.6 Å². The predicted molar refractivity (Wildman–Crippen MR) is 222 cm³/mol. The van der Waals surface area contributed by atoms with Crippen molar-refractivity contribution in [3.8, 4) is 0 Å². The van der Waals surface area contributed by atoms with E-state index in [2.05, 4.69) is 31.3 Å². The Kier molecular flexibility index (Phi) is 26.9. The monoisotopic (exact) mass is 872 g/mol. The van der Waals surface area contributed by atoms with Gasteiger partial charge in [-0.2, -0.15) is 8.42 Å². The summed E-state index contributed by atoms with van der Waals surface area (Å²) in [6, 6.07) is -5.10. The lowest BCUT2D eigenvalue weighted by Gasteiger charge is -2.27. The Morgan fingerprint density at radius 2 is 1.05 bits per heavy atom. The maximum absolute atomic E-state index is 12.8. The van der Waals surface area contributed by atoms with Crippen molar-refractivity contribution in [2.75, 3.05) is 24.6 Å². The van der Waals surface area contributed by atoms with Crippen LogP contribution in [0.25, 0.3) is 0 Å². The van der Waals surface area contributed by atoms with Crippen molar-refractivity contribution >= 4 is 55.8 Å². The van der Waals surface area contributed by atoms with Crippen LogP contribution in [-0.4, -0.2) is 122 Å². The summed E-state index contributed by atoms with van der Waals surface area (Å²) in [7, 11) is -9.07. The van der Waals surface area contributed by atoms with Crippen molar-refractivity contribution < 1.29 is 50.1 Å². The Labute approximate surface area is 344 Å². The molecular weight excluding hydrogens is 801 g/mol. The van der Waals surface area contributed by atoms with Gasteiger partial charge in [0.15, 0.2) is 5.96 Å². The molecule has 0 aromatic carbocycles. The molecule has 0 spiro atoms. The van der Waals surface area contributed by atoms with E-state index < -0.39 is 67.7 Å². The second-order valence-electron chi connectivity index (χ2n) is 15.8. The summed E-state index contributed by atoms with van der Waals surface area (Å²) in [5.74, 6) is -3.82. The van der Waals surface area contributed by atoms with Crippen LogP contribution < -0.4 is 60.7 Å². The van der Waals surface area contributed by atoms with E-state index in [9.17, 15) is 40.6 Å². The van der Waals surface area contributed by atoms with Crippen molar-refractivity contribution in [3.05, 3.63) is 0 Å². The molecular formula is C34H72N12O10S2. The molecule has 0 heterocycles. The normalized spacial score (nSPS) is 14.9. The van der Waals surface area contributed by atoms with Gasteiger partial charge in [-0.3, -0.25) is 45.2 Å². The second-order valence-corrected chi connectivity index (χ2v) is 18.7. The molecule has 340 valence electrons. The minimum Gasteiger partial charge on any atom is -0.748 e. The fraction of sp³-hybridized carbons (Fsp3) is 0.824.